The first-order valence-corrected chi connectivity index (χ1v) is 4.70. The highest BCUT2D eigenvalue weighted by Gasteiger charge is 1.93. The van der Waals surface area contributed by atoms with Gasteiger partial charge in [0.1, 0.15) is 0 Å². The molecule has 0 saturated heterocycles. The van der Waals surface area contributed by atoms with Gasteiger partial charge in [-0.1, -0.05) is 18.2 Å². The van der Waals surface area contributed by atoms with Crippen molar-refractivity contribution in [2.24, 2.45) is 0 Å². The Labute approximate surface area is 80.8 Å². The van der Waals surface area contributed by atoms with E-state index < -0.39 is 5.97 Å². The number of aliphatic carboxylic acids is 1. The van der Waals surface area contributed by atoms with E-state index in [0.717, 1.165) is 16.5 Å². The van der Waals surface area contributed by atoms with Gasteiger partial charge in [0.05, 0.1) is 0 Å². The highest BCUT2D eigenvalue weighted by Crippen LogP contribution is 2.18. The molecule has 0 aliphatic rings. The molecule has 0 atom stereocenters. The zero-order chi connectivity index (χ0) is 9.68. The van der Waals surface area contributed by atoms with Crippen LogP contribution in [0.5, 0.6) is 0 Å². The van der Waals surface area contributed by atoms with Crippen molar-refractivity contribution in [3.8, 4) is 0 Å². The maximum absolute atomic E-state index is 10.2. The molecular weight excluding hydrogens is 184 g/mol. The quantitative estimate of drug-likeness (QED) is 0.593. The predicted octanol–water partition coefficient (Wildman–Crippen LogP) is 2.79. The molecule has 1 heterocycles. The van der Waals surface area contributed by atoms with Crippen LogP contribution in [0.4, 0.5) is 0 Å². The molecule has 0 saturated carbocycles. The standard InChI is InChI=1S/C10H10O2S/c1-8(4-2-6-10(11)12)9-5-3-7-13-9/h2-7H,1H3,(H,11,12)/b6-2+,8-4-. The SMILES string of the molecule is C/C(=C/C=C/C(=O)O)c1cccs1. The van der Waals surface area contributed by atoms with Gasteiger partial charge in [-0.2, -0.15) is 0 Å². The lowest BCUT2D eigenvalue weighted by molar-refractivity contribution is -0.131. The van der Waals surface area contributed by atoms with Crippen molar-refractivity contribution >= 4 is 22.9 Å². The van der Waals surface area contributed by atoms with Gasteiger partial charge in [-0.3, -0.25) is 0 Å². The third-order valence-electron chi connectivity index (χ3n) is 1.49. The Balaban J connectivity index is 2.68. The van der Waals surface area contributed by atoms with E-state index in [2.05, 4.69) is 0 Å². The van der Waals surface area contributed by atoms with Gasteiger partial charge in [0, 0.05) is 11.0 Å². The second-order valence-corrected chi connectivity index (χ2v) is 3.47. The first kappa shape index (κ1) is 9.74. The van der Waals surface area contributed by atoms with Crippen LogP contribution >= 0.6 is 11.3 Å². The number of rotatable bonds is 3. The van der Waals surface area contributed by atoms with Gasteiger partial charge in [-0.15, -0.1) is 11.3 Å². The van der Waals surface area contributed by atoms with Gasteiger partial charge in [-0.25, -0.2) is 4.79 Å². The lowest BCUT2D eigenvalue weighted by atomic mass is 10.2. The van der Waals surface area contributed by atoms with Crippen LogP contribution in [0.2, 0.25) is 0 Å². The molecule has 1 rings (SSSR count). The minimum Gasteiger partial charge on any atom is -0.478 e. The van der Waals surface area contributed by atoms with E-state index in [-0.39, 0.29) is 0 Å². The number of carboxylic acids is 1. The van der Waals surface area contributed by atoms with Crippen LogP contribution in [0.1, 0.15) is 11.8 Å². The lowest BCUT2D eigenvalue weighted by Crippen LogP contribution is -1.84. The molecular formula is C10H10O2S. The zero-order valence-corrected chi connectivity index (χ0v) is 8.04. The van der Waals surface area contributed by atoms with Crippen molar-refractivity contribution < 1.29 is 9.90 Å². The summed E-state index contributed by atoms with van der Waals surface area (Å²) in [4.78, 5) is 11.3. The summed E-state index contributed by atoms with van der Waals surface area (Å²) in [5, 5.41) is 10.3. The Morgan fingerprint density at radius 2 is 2.38 bits per heavy atom. The molecule has 2 nitrogen and oxygen atoms in total. The maximum atomic E-state index is 10.2. The Morgan fingerprint density at radius 3 is 2.92 bits per heavy atom. The fraction of sp³-hybridized carbons (Fsp3) is 0.100. The van der Waals surface area contributed by atoms with Crippen molar-refractivity contribution in [1.82, 2.24) is 0 Å². The lowest BCUT2D eigenvalue weighted by Gasteiger charge is -1.91. The van der Waals surface area contributed by atoms with Gasteiger partial charge in [0.25, 0.3) is 0 Å². The first-order chi connectivity index (χ1) is 6.20. The van der Waals surface area contributed by atoms with Gasteiger partial charge in [0.2, 0.25) is 0 Å². The van der Waals surface area contributed by atoms with Crippen LogP contribution in [-0.2, 0) is 4.79 Å². The molecule has 0 aromatic carbocycles. The predicted molar refractivity (Wildman–Crippen MR) is 54.7 cm³/mol. The van der Waals surface area contributed by atoms with Gasteiger partial charge >= 0.3 is 5.97 Å². The van der Waals surface area contributed by atoms with Crippen LogP contribution in [0.3, 0.4) is 0 Å². The molecule has 0 amide bonds. The minimum absolute atomic E-state index is 0.921. The van der Waals surface area contributed by atoms with Crippen molar-refractivity contribution in [2.75, 3.05) is 0 Å². The third kappa shape index (κ3) is 3.25. The summed E-state index contributed by atoms with van der Waals surface area (Å²) in [5.41, 5.74) is 1.08. The molecule has 3 heteroatoms. The monoisotopic (exact) mass is 194 g/mol. The van der Waals surface area contributed by atoms with Crippen LogP contribution in [0.15, 0.2) is 35.7 Å². The number of allylic oxidation sites excluding steroid dienone is 3. The summed E-state index contributed by atoms with van der Waals surface area (Å²) in [5.74, 6) is -0.921. The van der Waals surface area contributed by atoms with E-state index in [4.69, 9.17) is 5.11 Å². The highest BCUT2D eigenvalue weighted by molar-refractivity contribution is 7.11. The number of thiophene rings is 1. The molecule has 13 heavy (non-hydrogen) atoms. The fourth-order valence-electron chi connectivity index (χ4n) is 0.860. The van der Waals surface area contributed by atoms with Gasteiger partial charge < -0.3 is 5.11 Å². The molecule has 0 radical (unpaired) electrons. The average Bonchev–Trinajstić information content (AvgIpc) is 2.55. The van der Waals surface area contributed by atoms with Crippen LogP contribution in [0, 0.1) is 0 Å². The molecule has 1 N–H and O–H groups in total. The molecule has 0 unspecified atom stereocenters. The summed E-state index contributed by atoms with van der Waals surface area (Å²) in [6.45, 7) is 1.96. The highest BCUT2D eigenvalue weighted by atomic mass is 32.1. The second-order valence-electron chi connectivity index (χ2n) is 2.52. The van der Waals surface area contributed by atoms with E-state index in [1.807, 2.05) is 24.4 Å². The first-order valence-electron chi connectivity index (χ1n) is 3.82. The Morgan fingerprint density at radius 1 is 1.62 bits per heavy atom. The van der Waals surface area contributed by atoms with Crippen molar-refractivity contribution in [2.45, 2.75) is 6.92 Å². The number of carboxylic acid groups (broad SMARTS) is 1. The molecule has 0 aliphatic carbocycles. The van der Waals surface area contributed by atoms with E-state index >= 15 is 0 Å². The minimum atomic E-state index is -0.921. The molecule has 0 spiro atoms. The normalized spacial score (nSPS) is 12.2. The number of hydrogen-bond acceptors (Lipinski definition) is 2. The topological polar surface area (TPSA) is 37.3 Å². The Bertz CT molecular complexity index is 334. The number of carbonyl (C=O) groups is 1. The molecule has 0 aliphatic heterocycles. The summed E-state index contributed by atoms with van der Waals surface area (Å²) >= 11 is 1.64. The fourth-order valence-corrected chi connectivity index (χ4v) is 1.57. The van der Waals surface area contributed by atoms with E-state index in [1.54, 1.807) is 17.4 Å². The van der Waals surface area contributed by atoms with Crippen LogP contribution in [0.25, 0.3) is 5.57 Å². The maximum Gasteiger partial charge on any atom is 0.328 e. The third-order valence-corrected chi connectivity index (χ3v) is 2.50. The van der Waals surface area contributed by atoms with Gasteiger partial charge in [-0.05, 0) is 23.9 Å². The summed E-state index contributed by atoms with van der Waals surface area (Å²) in [6, 6.07) is 3.98. The molecule has 1 aromatic rings. The summed E-state index contributed by atoms with van der Waals surface area (Å²) < 4.78 is 0. The second kappa shape index (κ2) is 4.62. The largest absolute Gasteiger partial charge is 0.478 e. The molecule has 68 valence electrons. The average molecular weight is 194 g/mol. The Kier molecular flexibility index (Phi) is 3.46. The van der Waals surface area contributed by atoms with E-state index in [9.17, 15) is 4.79 Å². The molecule has 1 aromatic heterocycles. The van der Waals surface area contributed by atoms with Gasteiger partial charge in [0.15, 0.2) is 0 Å². The summed E-state index contributed by atoms with van der Waals surface area (Å²) in [7, 11) is 0. The zero-order valence-electron chi connectivity index (χ0n) is 7.23. The van der Waals surface area contributed by atoms with Crippen LogP contribution < -0.4 is 0 Å². The molecule has 0 fully saturated rings. The van der Waals surface area contributed by atoms with E-state index in [1.165, 1.54) is 6.08 Å². The van der Waals surface area contributed by atoms with Crippen molar-refractivity contribution in [3.63, 3.8) is 0 Å². The number of hydrogen-bond donors (Lipinski definition) is 1. The smallest absolute Gasteiger partial charge is 0.328 e. The Hall–Kier alpha value is -1.35. The van der Waals surface area contributed by atoms with Crippen molar-refractivity contribution in [1.29, 1.82) is 0 Å². The summed E-state index contributed by atoms with van der Waals surface area (Å²) in [6.07, 6.45) is 4.45. The van der Waals surface area contributed by atoms with Crippen molar-refractivity contribution in [3.05, 3.63) is 40.6 Å². The molecule has 0 bridgehead atoms. The van der Waals surface area contributed by atoms with Crippen LogP contribution in [-0.4, -0.2) is 11.1 Å². The van der Waals surface area contributed by atoms with E-state index in [0.29, 0.717) is 0 Å².